The minimum atomic E-state index is -0.382. The maximum Gasteiger partial charge on any atom is 0.119 e. The molecule has 0 amide bonds. The van der Waals surface area contributed by atoms with Gasteiger partial charge in [-0.1, -0.05) is 45.7 Å². The first-order valence-corrected chi connectivity index (χ1v) is 7.97. The number of likely N-dealkylation sites (N-methyl/N-ethyl adjacent to an activating group) is 1. The number of benzene rings is 1. The SMILES string of the molecule is CCCCC(N(C)C)C(N)(c1cccc(OC)c1)C(C)C. The molecule has 1 aromatic rings. The highest BCUT2D eigenvalue weighted by Gasteiger charge is 2.40. The molecule has 2 atom stereocenters. The summed E-state index contributed by atoms with van der Waals surface area (Å²) in [6.07, 6.45) is 3.49. The lowest BCUT2D eigenvalue weighted by Crippen LogP contribution is -2.57. The molecule has 3 nitrogen and oxygen atoms in total. The highest BCUT2D eigenvalue weighted by molar-refractivity contribution is 5.35. The minimum absolute atomic E-state index is 0.310. The summed E-state index contributed by atoms with van der Waals surface area (Å²) >= 11 is 0. The Morgan fingerprint density at radius 3 is 2.43 bits per heavy atom. The largest absolute Gasteiger partial charge is 0.497 e. The van der Waals surface area contributed by atoms with Crippen LogP contribution in [0, 0.1) is 5.92 Å². The average Bonchev–Trinajstić information content (AvgIpc) is 2.46. The van der Waals surface area contributed by atoms with Gasteiger partial charge >= 0.3 is 0 Å². The van der Waals surface area contributed by atoms with Gasteiger partial charge in [0.25, 0.3) is 0 Å². The molecule has 0 saturated carbocycles. The van der Waals surface area contributed by atoms with Crippen molar-refractivity contribution >= 4 is 0 Å². The number of ether oxygens (including phenoxy) is 1. The summed E-state index contributed by atoms with van der Waals surface area (Å²) in [6.45, 7) is 6.65. The number of unbranched alkanes of at least 4 members (excludes halogenated alkanes) is 1. The van der Waals surface area contributed by atoms with E-state index in [9.17, 15) is 0 Å². The van der Waals surface area contributed by atoms with Gasteiger partial charge in [-0.3, -0.25) is 0 Å². The van der Waals surface area contributed by atoms with Crippen molar-refractivity contribution in [3.05, 3.63) is 29.8 Å². The van der Waals surface area contributed by atoms with Crippen molar-refractivity contribution in [3.8, 4) is 5.75 Å². The molecule has 3 heteroatoms. The Kier molecular flexibility index (Phi) is 6.69. The number of hydrogen-bond acceptors (Lipinski definition) is 3. The molecule has 0 aliphatic rings. The van der Waals surface area contributed by atoms with Gasteiger partial charge in [-0.2, -0.15) is 0 Å². The maximum absolute atomic E-state index is 6.97. The third-order valence-corrected chi connectivity index (χ3v) is 4.53. The Morgan fingerprint density at radius 1 is 1.29 bits per heavy atom. The first-order valence-electron chi connectivity index (χ1n) is 7.97. The fourth-order valence-electron chi connectivity index (χ4n) is 3.12. The molecule has 1 rings (SSSR count). The van der Waals surface area contributed by atoms with Crippen molar-refractivity contribution in [3.63, 3.8) is 0 Å². The van der Waals surface area contributed by atoms with Gasteiger partial charge in [0.15, 0.2) is 0 Å². The van der Waals surface area contributed by atoms with Gasteiger partial charge in [0.05, 0.1) is 12.6 Å². The van der Waals surface area contributed by atoms with Crippen LogP contribution in [0.4, 0.5) is 0 Å². The fourth-order valence-corrected chi connectivity index (χ4v) is 3.12. The van der Waals surface area contributed by atoms with Crippen LogP contribution in [0.3, 0.4) is 0 Å². The third-order valence-electron chi connectivity index (χ3n) is 4.53. The lowest BCUT2D eigenvalue weighted by molar-refractivity contribution is 0.121. The summed E-state index contributed by atoms with van der Waals surface area (Å²) in [5.41, 5.74) is 7.75. The standard InChI is InChI=1S/C18H32N2O/c1-7-8-12-17(20(4)5)18(19,14(2)3)15-10-9-11-16(13-15)21-6/h9-11,13-14,17H,7-8,12,19H2,1-6H3. The average molecular weight is 292 g/mol. The van der Waals surface area contributed by atoms with Crippen molar-refractivity contribution in [1.82, 2.24) is 4.90 Å². The fraction of sp³-hybridized carbons (Fsp3) is 0.667. The first kappa shape index (κ1) is 18.0. The Balaban J connectivity index is 3.26. The van der Waals surface area contributed by atoms with Gasteiger partial charge in [0.2, 0.25) is 0 Å². The van der Waals surface area contributed by atoms with Crippen LogP contribution >= 0.6 is 0 Å². The Morgan fingerprint density at radius 2 is 1.95 bits per heavy atom. The highest BCUT2D eigenvalue weighted by Crippen LogP contribution is 2.36. The van der Waals surface area contributed by atoms with Crippen LogP contribution < -0.4 is 10.5 Å². The van der Waals surface area contributed by atoms with E-state index in [0.29, 0.717) is 12.0 Å². The molecule has 120 valence electrons. The molecular weight excluding hydrogens is 260 g/mol. The second-order valence-electron chi connectivity index (χ2n) is 6.44. The lowest BCUT2D eigenvalue weighted by Gasteiger charge is -2.45. The highest BCUT2D eigenvalue weighted by atomic mass is 16.5. The van der Waals surface area contributed by atoms with Crippen molar-refractivity contribution in [2.45, 2.75) is 51.6 Å². The molecular formula is C18H32N2O. The molecule has 0 fully saturated rings. The second-order valence-corrected chi connectivity index (χ2v) is 6.44. The molecule has 0 saturated heterocycles. The molecule has 0 bridgehead atoms. The van der Waals surface area contributed by atoms with Crippen LogP contribution in [-0.2, 0) is 5.54 Å². The summed E-state index contributed by atoms with van der Waals surface area (Å²) in [6, 6.07) is 8.53. The van der Waals surface area contributed by atoms with E-state index in [0.717, 1.165) is 17.7 Å². The van der Waals surface area contributed by atoms with Crippen LogP contribution in [0.5, 0.6) is 5.75 Å². The number of rotatable bonds is 8. The van der Waals surface area contributed by atoms with Crippen LogP contribution in [0.2, 0.25) is 0 Å². The quantitative estimate of drug-likeness (QED) is 0.795. The van der Waals surface area contributed by atoms with Gasteiger partial charge in [0.1, 0.15) is 5.75 Å². The molecule has 0 aliphatic carbocycles. The predicted molar refractivity (Wildman–Crippen MR) is 90.7 cm³/mol. The van der Waals surface area contributed by atoms with E-state index in [-0.39, 0.29) is 5.54 Å². The minimum Gasteiger partial charge on any atom is -0.497 e. The summed E-state index contributed by atoms with van der Waals surface area (Å²) in [5.74, 6) is 1.21. The molecule has 2 N–H and O–H groups in total. The van der Waals surface area contributed by atoms with E-state index in [1.165, 1.54) is 12.8 Å². The zero-order valence-electron chi connectivity index (χ0n) is 14.5. The monoisotopic (exact) mass is 292 g/mol. The van der Waals surface area contributed by atoms with Gasteiger partial charge in [-0.05, 0) is 44.1 Å². The molecule has 0 spiro atoms. The summed E-state index contributed by atoms with van der Waals surface area (Å²) in [5, 5.41) is 0. The molecule has 0 heterocycles. The van der Waals surface area contributed by atoms with E-state index in [1.54, 1.807) is 7.11 Å². The van der Waals surface area contributed by atoms with Crippen molar-refractivity contribution in [2.24, 2.45) is 11.7 Å². The summed E-state index contributed by atoms with van der Waals surface area (Å²) < 4.78 is 5.38. The smallest absolute Gasteiger partial charge is 0.119 e. The zero-order chi connectivity index (χ0) is 16.0. The summed E-state index contributed by atoms with van der Waals surface area (Å²) in [7, 11) is 5.96. The topological polar surface area (TPSA) is 38.5 Å². The third kappa shape index (κ3) is 3.98. The lowest BCUT2D eigenvalue weighted by atomic mass is 9.73. The summed E-state index contributed by atoms with van der Waals surface area (Å²) in [4.78, 5) is 2.27. The van der Waals surface area contributed by atoms with E-state index in [4.69, 9.17) is 10.5 Å². The number of hydrogen-bond donors (Lipinski definition) is 1. The van der Waals surface area contributed by atoms with Crippen molar-refractivity contribution in [2.75, 3.05) is 21.2 Å². The van der Waals surface area contributed by atoms with Crippen LogP contribution in [-0.4, -0.2) is 32.1 Å². The molecule has 1 aromatic carbocycles. The van der Waals surface area contributed by atoms with E-state index < -0.39 is 0 Å². The van der Waals surface area contributed by atoms with Crippen molar-refractivity contribution < 1.29 is 4.74 Å². The molecule has 0 radical (unpaired) electrons. The molecule has 0 aromatic heterocycles. The molecule has 2 unspecified atom stereocenters. The number of nitrogens with two attached hydrogens (primary N) is 1. The predicted octanol–water partition coefficient (Wildman–Crippen LogP) is 3.63. The number of methoxy groups -OCH3 is 1. The zero-order valence-corrected chi connectivity index (χ0v) is 14.5. The first-order chi connectivity index (χ1) is 9.87. The van der Waals surface area contributed by atoms with Gasteiger partial charge < -0.3 is 15.4 Å². The van der Waals surface area contributed by atoms with Gasteiger partial charge in [0, 0.05) is 6.04 Å². The Hall–Kier alpha value is -1.06. The normalized spacial score (nSPS) is 16.0. The van der Waals surface area contributed by atoms with Crippen LogP contribution in [0.1, 0.15) is 45.6 Å². The van der Waals surface area contributed by atoms with E-state index in [2.05, 4.69) is 51.9 Å². The van der Waals surface area contributed by atoms with E-state index in [1.807, 2.05) is 12.1 Å². The molecule has 21 heavy (non-hydrogen) atoms. The van der Waals surface area contributed by atoms with Gasteiger partial charge in [-0.15, -0.1) is 0 Å². The maximum atomic E-state index is 6.97. The Labute approximate surface area is 130 Å². The Bertz CT molecular complexity index is 431. The second kappa shape index (κ2) is 7.81. The number of nitrogens with zero attached hydrogens (tertiary/aromatic N) is 1. The van der Waals surface area contributed by atoms with Crippen molar-refractivity contribution in [1.29, 1.82) is 0 Å². The molecule has 0 aliphatic heterocycles. The van der Waals surface area contributed by atoms with Gasteiger partial charge in [-0.25, -0.2) is 0 Å². The van der Waals surface area contributed by atoms with E-state index >= 15 is 0 Å². The van der Waals surface area contributed by atoms with Crippen LogP contribution in [0.25, 0.3) is 0 Å². The van der Waals surface area contributed by atoms with Crippen LogP contribution in [0.15, 0.2) is 24.3 Å².